The zero-order valence-corrected chi connectivity index (χ0v) is 8.15. The van der Waals surface area contributed by atoms with Crippen LogP contribution in [0.1, 0.15) is 0 Å². The van der Waals surface area contributed by atoms with Crippen LogP contribution in [0.2, 0.25) is 0 Å². The molecular formula is C8H6BrNO3. The highest BCUT2D eigenvalue weighted by Gasteiger charge is 2.09. The van der Waals surface area contributed by atoms with Crippen LogP contribution in [0.25, 0.3) is 0 Å². The van der Waals surface area contributed by atoms with Crippen molar-refractivity contribution in [3.8, 4) is 0 Å². The van der Waals surface area contributed by atoms with Crippen LogP contribution < -0.4 is 9.67 Å². The van der Waals surface area contributed by atoms with Gasteiger partial charge in [-0.3, -0.25) is 4.79 Å². The first-order valence-electron chi connectivity index (χ1n) is 3.48. The molecule has 0 aromatic carbocycles. The van der Waals surface area contributed by atoms with E-state index in [-0.39, 0.29) is 6.54 Å². The monoisotopic (exact) mass is 243 g/mol. The van der Waals surface area contributed by atoms with Gasteiger partial charge in [0, 0.05) is 16.6 Å². The highest BCUT2D eigenvalue weighted by molar-refractivity contribution is 9.10. The first kappa shape index (κ1) is 9.85. The van der Waals surface area contributed by atoms with Gasteiger partial charge in [0.05, 0.1) is 0 Å². The van der Waals surface area contributed by atoms with E-state index in [0.717, 1.165) is 4.47 Å². The molecular weight excluding hydrogens is 238 g/mol. The summed E-state index contributed by atoms with van der Waals surface area (Å²) in [5.41, 5.74) is 0. The summed E-state index contributed by atoms with van der Waals surface area (Å²) in [6, 6.07) is 3.42. The Kier molecular flexibility index (Phi) is 3.13. The van der Waals surface area contributed by atoms with Gasteiger partial charge in [0.15, 0.2) is 12.4 Å². The molecule has 13 heavy (non-hydrogen) atoms. The highest BCUT2D eigenvalue weighted by Crippen LogP contribution is 2.03. The van der Waals surface area contributed by atoms with Crippen molar-refractivity contribution in [1.82, 2.24) is 0 Å². The average molecular weight is 244 g/mol. The Morgan fingerprint density at radius 1 is 1.38 bits per heavy atom. The number of rotatable bonds is 3. The predicted molar refractivity (Wildman–Crippen MR) is 44.4 cm³/mol. The molecule has 0 fully saturated rings. The van der Waals surface area contributed by atoms with E-state index in [2.05, 4.69) is 15.9 Å². The van der Waals surface area contributed by atoms with Crippen molar-refractivity contribution < 1.29 is 19.3 Å². The van der Waals surface area contributed by atoms with Crippen molar-refractivity contribution in [3.63, 3.8) is 0 Å². The standard InChI is InChI=1S/C8H6BrNO3/c9-6-1-3-10(4-2-6)5-7(11)8(12)13/h1-4H,5H2. The molecule has 68 valence electrons. The molecule has 0 spiro atoms. The lowest BCUT2D eigenvalue weighted by molar-refractivity contribution is -0.684. The Hall–Kier alpha value is -1.23. The molecule has 0 atom stereocenters. The molecule has 0 radical (unpaired) electrons. The fourth-order valence-electron chi connectivity index (χ4n) is 0.775. The number of aromatic nitrogens is 1. The number of nitrogens with zero attached hydrogens (tertiary/aromatic N) is 1. The molecule has 0 aliphatic carbocycles. The van der Waals surface area contributed by atoms with E-state index < -0.39 is 11.8 Å². The summed E-state index contributed by atoms with van der Waals surface area (Å²) >= 11 is 3.21. The summed E-state index contributed by atoms with van der Waals surface area (Å²) in [6.45, 7) is -0.199. The Bertz CT molecular complexity index is 334. The number of carbonyl (C=O) groups is 2. The Morgan fingerprint density at radius 2 is 1.92 bits per heavy atom. The van der Waals surface area contributed by atoms with Crippen LogP contribution in [0.5, 0.6) is 0 Å². The van der Waals surface area contributed by atoms with Gasteiger partial charge in [-0.1, -0.05) is 15.9 Å². The Balaban J connectivity index is 2.70. The lowest BCUT2D eigenvalue weighted by Crippen LogP contribution is -2.44. The van der Waals surface area contributed by atoms with Crippen molar-refractivity contribution in [1.29, 1.82) is 0 Å². The quantitative estimate of drug-likeness (QED) is 0.509. The largest absolute Gasteiger partial charge is 0.542 e. The second-order valence-corrected chi connectivity index (χ2v) is 3.32. The average Bonchev–Trinajstić information content (AvgIpc) is 2.08. The number of hydrogen-bond donors (Lipinski definition) is 0. The maximum atomic E-state index is 10.7. The molecule has 1 rings (SSSR count). The number of pyridine rings is 1. The Morgan fingerprint density at radius 3 is 2.38 bits per heavy atom. The van der Waals surface area contributed by atoms with E-state index in [1.54, 1.807) is 24.5 Å². The normalized spacial score (nSPS) is 9.62. The van der Waals surface area contributed by atoms with Crippen LogP contribution in [0.4, 0.5) is 0 Å². The van der Waals surface area contributed by atoms with Gasteiger partial charge in [-0.05, 0) is 0 Å². The third kappa shape index (κ3) is 2.95. The van der Waals surface area contributed by atoms with Crippen LogP contribution in [0, 0.1) is 0 Å². The van der Waals surface area contributed by atoms with Crippen molar-refractivity contribution in [2.24, 2.45) is 0 Å². The zero-order chi connectivity index (χ0) is 9.84. The van der Waals surface area contributed by atoms with Gasteiger partial charge in [-0.2, -0.15) is 4.57 Å². The van der Waals surface area contributed by atoms with E-state index >= 15 is 0 Å². The van der Waals surface area contributed by atoms with Crippen LogP contribution in [0.15, 0.2) is 29.0 Å². The number of carboxylic acid groups (broad SMARTS) is 1. The second kappa shape index (κ2) is 4.13. The summed E-state index contributed by atoms with van der Waals surface area (Å²) in [5.74, 6) is -2.59. The molecule has 0 bridgehead atoms. The minimum atomic E-state index is -1.66. The number of hydrogen-bond acceptors (Lipinski definition) is 3. The number of carbonyl (C=O) groups excluding carboxylic acids is 2. The molecule has 1 aromatic heterocycles. The fourth-order valence-corrected chi connectivity index (χ4v) is 1.01. The van der Waals surface area contributed by atoms with Crippen LogP contribution in [-0.2, 0) is 16.1 Å². The minimum Gasteiger partial charge on any atom is -0.542 e. The van der Waals surface area contributed by atoms with E-state index in [9.17, 15) is 14.7 Å². The van der Waals surface area contributed by atoms with Gasteiger partial charge in [0.2, 0.25) is 12.3 Å². The minimum absolute atomic E-state index is 0.199. The molecule has 0 aliphatic heterocycles. The highest BCUT2D eigenvalue weighted by atomic mass is 79.9. The summed E-state index contributed by atoms with van der Waals surface area (Å²) in [7, 11) is 0. The molecule has 0 saturated heterocycles. The molecule has 0 saturated carbocycles. The number of halogens is 1. The molecule has 0 aliphatic rings. The zero-order valence-electron chi connectivity index (χ0n) is 6.57. The molecule has 4 nitrogen and oxygen atoms in total. The third-order valence-electron chi connectivity index (χ3n) is 1.40. The van der Waals surface area contributed by atoms with Crippen molar-refractivity contribution >= 4 is 27.7 Å². The van der Waals surface area contributed by atoms with Gasteiger partial charge in [-0.25, -0.2) is 0 Å². The van der Waals surface area contributed by atoms with Gasteiger partial charge >= 0.3 is 0 Å². The topological polar surface area (TPSA) is 61.1 Å². The van der Waals surface area contributed by atoms with Gasteiger partial charge in [0.1, 0.15) is 5.97 Å². The van der Waals surface area contributed by atoms with Crippen molar-refractivity contribution in [2.45, 2.75) is 6.54 Å². The van der Waals surface area contributed by atoms with Crippen LogP contribution in [0.3, 0.4) is 0 Å². The molecule has 0 amide bonds. The molecule has 1 heterocycles. The molecule has 1 aromatic rings. The maximum Gasteiger partial charge on any atom is 0.242 e. The summed E-state index contributed by atoms with van der Waals surface area (Å²) in [4.78, 5) is 20.8. The van der Waals surface area contributed by atoms with E-state index in [4.69, 9.17) is 0 Å². The van der Waals surface area contributed by atoms with Gasteiger partial charge < -0.3 is 9.90 Å². The molecule has 0 N–H and O–H groups in total. The number of carboxylic acids is 1. The van der Waals surface area contributed by atoms with E-state index in [0.29, 0.717) is 0 Å². The van der Waals surface area contributed by atoms with Crippen LogP contribution >= 0.6 is 15.9 Å². The third-order valence-corrected chi connectivity index (χ3v) is 1.93. The molecule has 0 unspecified atom stereocenters. The maximum absolute atomic E-state index is 10.7. The molecule has 5 heteroatoms. The smallest absolute Gasteiger partial charge is 0.242 e. The van der Waals surface area contributed by atoms with Crippen molar-refractivity contribution in [3.05, 3.63) is 29.0 Å². The SMILES string of the molecule is O=C([O-])C(=O)C[n+]1ccc(Br)cc1. The van der Waals surface area contributed by atoms with Crippen molar-refractivity contribution in [2.75, 3.05) is 0 Å². The number of ketones is 1. The first-order chi connectivity index (χ1) is 6.09. The lowest BCUT2D eigenvalue weighted by atomic mass is 10.4. The van der Waals surface area contributed by atoms with E-state index in [1.807, 2.05) is 0 Å². The Labute approximate surface area is 82.9 Å². The van der Waals surface area contributed by atoms with E-state index in [1.165, 1.54) is 4.57 Å². The van der Waals surface area contributed by atoms with Gasteiger partial charge in [0.25, 0.3) is 0 Å². The lowest BCUT2D eigenvalue weighted by Gasteiger charge is -1.97. The van der Waals surface area contributed by atoms with Gasteiger partial charge in [-0.15, -0.1) is 0 Å². The predicted octanol–water partition coefficient (Wildman–Crippen LogP) is -0.944. The summed E-state index contributed by atoms with van der Waals surface area (Å²) < 4.78 is 2.33. The summed E-state index contributed by atoms with van der Waals surface area (Å²) in [6.07, 6.45) is 3.20. The number of aliphatic carboxylic acids is 1. The number of Topliss-reactive ketones (excluding diaryl/α,β-unsaturated/α-hetero) is 1. The van der Waals surface area contributed by atoms with Crippen LogP contribution in [-0.4, -0.2) is 11.8 Å². The first-order valence-corrected chi connectivity index (χ1v) is 4.27. The second-order valence-electron chi connectivity index (χ2n) is 2.40. The summed E-state index contributed by atoms with van der Waals surface area (Å²) in [5, 5.41) is 10.1. The fraction of sp³-hybridized carbons (Fsp3) is 0.125.